The summed E-state index contributed by atoms with van der Waals surface area (Å²) in [6.07, 6.45) is -0.186. The molecule has 0 aromatic heterocycles. The first-order valence-corrected chi connectivity index (χ1v) is 10.1. The average Bonchev–Trinajstić information content (AvgIpc) is 2.81. The second kappa shape index (κ2) is 10.8. The summed E-state index contributed by atoms with van der Waals surface area (Å²) < 4.78 is 5.79. The Bertz CT molecular complexity index is 1060. The molecule has 0 saturated carbocycles. The van der Waals surface area contributed by atoms with Crippen LogP contribution in [0.3, 0.4) is 0 Å². The van der Waals surface area contributed by atoms with Gasteiger partial charge in [-0.15, -0.1) is 0 Å². The molecule has 0 fully saturated rings. The minimum absolute atomic E-state index is 0.0623. The zero-order chi connectivity index (χ0) is 22.9. The van der Waals surface area contributed by atoms with Crippen molar-refractivity contribution < 1.29 is 24.2 Å². The maximum atomic E-state index is 12.4. The van der Waals surface area contributed by atoms with Crippen molar-refractivity contribution in [1.29, 1.82) is 0 Å². The fraction of sp³-hybridized carbons (Fsp3) is 0.160. The number of nitrogens with one attached hydrogen (secondary N) is 1. The molecule has 0 heterocycles. The quantitative estimate of drug-likeness (QED) is 0.454. The zero-order valence-corrected chi connectivity index (χ0v) is 17.4. The zero-order valence-electron chi connectivity index (χ0n) is 17.4. The highest BCUT2D eigenvalue weighted by molar-refractivity contribution is 5.97. The SMILES string of the molecule is NC(=O)CC[C@H](NC(=O)c1ccc(-c2ccc(OCc3ccccc3)cc2)cc1)C(=O)O. The number of amides is 2. The summed E-state index contributed by atoms with van der Waals surface area (Å²) in [6, 6.07) is 23.2. The normalized spacial score (nSPS) is 11.4. The molecule has 32 heavy (non-hydrogen) atoms. The van der Waals surface area contributed by atoms with E-state index in [2.05, 4.69) is 5.32 Å². The van der Waals surface area contributed by atoms with Gasteiger partial charge < -0.3 is 20.9 Å². The number of carboxylic acids is 1. The van der Waals surface area contributed by atoms with Crippen LogP contribution in [-0.2, 0) is 16.2 Å². The molecule has 0 aliphatic heterocycles. The lowest BCUT2D eigenvalue weighted by molar-refractivity contribution is -0.139. The summed E-state index contributed by atoms with van der Waals surface area (Å²) in [5, 5.41) is 11.6. The standard InChI is InChI=1S/C25H24N2O5/c26-23(28)15-14-22(25(30)31)27-24(29)20-8-6-18(7-9-20)19-10-12-21(13-11-19)32-16-17-4-2-1-3-5-17/h1-13,22H,14-16H2,(H2,26,28)(H,27,29)(H,30,31)/t22-/m0/s1. The van der Waals surface area contributed by atoms with Crippen LogP contribution in [0.5, 0.6) is 5.75 Å². The number of benzene rings is 3. The predicted molar refractivity (Wildman–Crippen MR) is 120 cm³/mol. The summed E-state index contributed by atoms with van der Waals surface area (Å²) in [4.78, 5) is 34.6. The highest BCUT2D eigenvalue weighted by Crippen LogP contribution is 2.23. The van der Waals surface area contributed by atoms with Gasteiger partial charge in [0.05, 0.1) is 0 Å². The van der Waals surface area contributed by atoms with Crippen molar-refractivity contribution in [2.45, 2.75) is 25.5 Å². The third kappa shape index (κ3) is 6.43. The van der Waals surface area contributed by atoms with Gasteiger partial charge in [-0.05, 0) is 47.4 Å². The molecule has 2 amide bonds. The van der Waals surface area contributed by atoms with Crippen LogP contribution in [-0.4, -0.2) is 28.9 Å². The van der Waals surface area contributed by atoms with Gasteiger partial charge in [0.2, 0.25) is 5.91 Å². The van der Waals surface area contributed by atoms with Crippen LogP contribution in [0, 0.1) is 0 Å². The Morgan fingerprint density at radius 1 is 0.875 bits per heavy atom. The van der Waals surface area contributed by atoms with Crippen LogP contribution in [0.1, 0.15) is 28.8 Å². The third-order valence-electron chi connectivity index (χ3n) is 4.87. The number of nitrogens with two attached hydrogens (primary N) is 1. The summed E-state index contributed by atoms with van der Waals surface area (Å²) in [7, 11) is 0. The van der Waals surface area contributed by atoms with Gasteiger partial charge in [0, 0.05) is 12.0 Å². The average molecular weight is 432 g/mol. The molecule has 0 unspecified atom stereocenters. The third-order valence-corrected chi connectivity index (χ3v) is 4.87. The van der Waals surface area contributed by atoms with E-state index in [4.69, 9.17) is 10.5 Å². The fourth-order valence-electron chi connectivity index (χ4n) is 3.08. The second-order valence-corrected chi connectivity index (χ2v) is 7.25. The fourth-order valence-corrected chi connectivity index (χ4v) is 3.08. The molecule has 0 radical (unpaired) electrons. The van der Waals surface area contributed by atoms with E-state index in [-0.39, 0.29) is 12.8 Å². The first kappa shape index (κ1) is 22.6. The van der Waals surface area contributed by atoms with Gasteiger partial charge in [-0.2, -0.15) is 0 Å². The van der Waals surface area contributed by atoms with Crippen molar-refractivity contribution in [2.75, 3.05) is 0 Å². The molecule has 0 bridgehead atoms. The summed E-state index contributed by atoms with van der Waals surface area (Å²) >= 11 is 0. The number of hydrogen-bond donors (Lipinski definition) is 3. The summed E-state index contributed by atoms with van der Waals surface area (Å²) in [5.41, 5.74) is 8.32. The van der Waals surface area contributed by atoms with Gasteiger partial charge in [0.15, 0.2) is 0 Å². The number of carbonyl (C=O) groups is 3. The smallest absolute Gasteiger partial charge is 0.326 e. The van der Waals surface area contributed by atoms with Gasteiger partial charge in [0.25, 0.3) is 5.91 Å². The van der Waals surface area contributed by atoms with E-state index in [0.29, 0.717) is 12.2 Å². The highest BCUT2D eigenvalue weighted by Gasteiger charge is 2.21. The van der Waals surface area contributed by atoms with Crippen molar-refractivity contribution in [3.8, 4) is 16.9 Å². The topological polar surface area (TPSA) is 119 Å². The van der Waals surface area contributed by atoms with Crippen molar-refractivity contribution in [2.24, 2.45) is 5.73 Å². The number of carboxylic acid groups (broad SMARTS) is 1. The van der Waals surface area contributed by atoms with Crippen LogP contribution in [0.15, 0.2) is 78.9 Å². The number of ether oxygens (including phenoxy) is 1. The van der Waals surface area contributed by atoms with Crippen molar-refractivity contribution in [3.63, 3.8) is 0 Å². The van der Waals surface area contributed by atoms with E-state index < -0.39 is 23.8 Å². The molecule has 7 heteroatoms. The minimum atomic E-state index is -1.22. The molecule has 3 rings (SSSR count). The Labute approximate surface area is 185 Å². The number of rotatable bonds is 10. The first-order valence-electron chi connectivity index (χ1n) is 10.1. The van der Waals surface area contributed by atoms with Crippen LogP contribution in [0.25, 0.3) is 11.1 Å². The molecule has 0 spiro atoms. The van der Waals surface area contributed by atoms with E-state index in [1.807, 2.05) is 54.6 Å². The van der Waals surface area contributed by atoms with Crippen LogP contribution in [0.2, 0.25) is 0 Å². The lowest BCUT2D eigenvalue weighted by Crippen LogP contribution is -2.41. The number of primary amides is 1. The summed E-state index contributed by atoms with van der Waals surface area (Å²) in [6.45, 7) is 0.487. The van der Waals surface area contributed by atoms with Gasteiger partial charge in [-0.3, -0.25) is 9.59 Å². The lowest BCUT2D eigenvalue weighted by atomic mass is 10.0. The Hall–Kier alpha value is -4.13. The lowest BCUT2D eigenvalue weighted by Gasteiger charge is -2.14. The number of hydrogen-bond acceptors (Lipinski definition) is 4. The molecule has 0 aliphatic rings. The monoisotopic (exact) mass is 432 g/mol. The van der Waals surface area contributed by atoms with Crippen molar-refractivity contribution in [3.05, 3.63) is 90.0 Å². The highest BCUT2D eigenvalue weighted by atomic mass is 16.5. The largest absolute Gasteiger partial charge is 0.489 e. The van der Waals surface area contributed by atoms with Gasteiger partial charge in [0.1, 0.15) is 18.4 Å². The first-order chi connectivity index (χ1) is 15.4. The Kier molecular flexibility index (Phi) is 7.59. The van der Waals surface area contributed by atoms with Gasteiger partial charge >= 0.3 is 5.97 Å². The maximum Gasteiger partial charge on any atom is 0.326 e. The minimum Gasteiger partial charge on any atom is -0.489 e. The Balaban J connectivity index is 1.60. The van der Waals surface area contributed by atoms with Crippen molar-refractivity contribution >= 4 is 17.8 Å². The molecule has 4 N–H and O–H groups in total. The van der Waals surface area contributed by atoms with E-state index in [9.17, 15) is 19.5 Å². The van der Waals surface area contributed by atoms with E-state index >= 15 is 0 Å². The maximum absolute atomic E-state index is 12.4. The molecule has 0 aliphatic carbocycles. The summed E-state index contributed by atoms with van der Waals surface area (Å²) in [5.74, 6) is -1.61. The van der Waals surface area contributed by atoms with E-state index in [1.165, 1.54) is 0 Å². The van der Waals surface area contributed by atoms with Crippen LogP contribution >= 0.6 is 0 Å². The molecule has 3 aromatic rings. The molecule has 7 nitrogen and oxygen atoms in total. The van der Waals surface area contributed by atoms with Crippen molar-refractivity contribution in [1.82, 2.24) is 5.32 Å². The van der Waals surface area contributed by atoms with E-state index in [0.717, 1.165) is 22.4 Å². The van der Waals surface area contributed by atoms with Gasteiger partial charge in [-0.1, -0.05) is 54.6 Å². The predicted octanol–water partition coefficient (Wildman–Crippen LogP) is 3.38. The number of aliphatic carboxylic acids is 1. The molecule has 164 valence electrons. The molecular formula is C25H24N2O5. The van der Waals surface area contributed by atoms with E-state index in [1.54, 1.807) is 24.3 Å². The van der Waals surface area contributed by atoms with Gasteiger partial charge in [-0.25, -0.2) is 4.79 Å². The second-order valence-electron chi connectivity index (χ2n) is 7.25. The van der Waals surface area contributed by atoms with Crippen LogP contribution in [0.4, 0.5) is 0 Å². The molecule has 3 aromatic carbocycles. The number of carbonyl (C=O) groups excluding carboxylic acids is 2. The molecule has 0 saturated heterocycles. The molecule has 1 atom stereocenters. The Morgan fingerprint density at radius 2 is 1.47 bits per heavy atom. The van der Waals surface area contributed by atoms with Crippen LogP contribution < -0.4 is 15.8 Å². The molecular weight excluding hydrogens is 408 g/mol. The Morgan fingerprint density at radius 3 is 2.03 bits per heavy atom.